The molecule has 1 N–H and O–H groups in total. The molecule has 5 heteroatoms. The molecule has 0 fully saturated rings. The molecule has 0 unspecified atom stereocenters. The zero-order valence-electron chi connectivity index (χ0n) is 10.4. The van der Waals surface area contributed by atoms with E-state index in [0.717, 1.165) is 0 Å². The van der Waals surface area contributed by atoms with Crippen LogP contribution in [-0.4, -0.2) is 17.3 Å². The number of benzene rings is 1. The van der Waals surface area contributed by atoms with Gasteiger partial charge in [0, 0.05) is 10.4 Å². The summed E-state index contributed by atoms with van der Waals surface area (Å²) in [6, 6.07) is 4.29. The Morgan fingerprint density at radius 1 is 1.44 bits per heavy atom. The second kappa shape index (κ2) is 6.53. The lowest BCUT2D eigenvalue weighted by Gasteiger charge is -2.30. The quantitative estimate of drug-likeness (QED) is 0.805. The molecule has 0 spiro atoms. The second-order valence-corrected chi connectivity index (χ2v) is 5.38. The fourth-order valence-corrected chi connectivity index (χ4v) is 2.43. The molecule has 0 aliphatic heterocycles. The number of carbonyl (C=O) groups excluding carboxylic acids is 1. The third-order valence-corrected chi connectivity index (χ3v) is 4.17. The minimum Gasteiger partial charge on any atom is -0.345 e. The highest BCUT2D eigenvalue weighted by molar-refractivity contribution is 9.10. The van der Waals surface area contributed by atoms with E-state index in [1.165, 1.54) is 12.1 Å². The summed E-state index contributed by atoms with van der Waals surface area (Å²) in [6.45, 7) is 3.90. The molecule has 2 nitrogen and oxygen atoms in total. The highest BCUT2D eigenvalue weighted by Gasteiger charge is 2.28. The summed E-state index contributed by atoms with van der Waals surface area (Å²) in [7, 11) is 0. The largest absolute Gasteiger partial charge is 0.345 e. The number of alkyl halides is 1. The van der Waals surface area contributed by atoms with Crippen LogP contribution in [0.15, 0.2) is 22.7 Å². The topological polar surface area (TPSA) is 29.1 Å². The predicted molar refractivity (Wildman–Crippen MR) is 75.6 cm³/mol. The molecular formula is C13H16BrClFNO. The van der Waals surface area contributed by atoms with E-state index in [4.69, 9.17) is 11.6 Å². The molecule has 18 heavy (non-hydrogen) atoms. The van der Waals surface area contributed by atoms with Crippen LogP contribution in [0.4, 0.5) is 4.39 Å². The molecule has 0 aromatic heterocycles. The van der Waals surface area contributed by atoms with Gasteiger partial charge in [-0.1, -0.05) is 29.8 Å². The SMILES string of the molecule is CCC(CC)(CCl)NC(=O)c1cc(Br)ccc1F. The minimum absolute atomic E-state index is 0.0285. The summed E-state index contributed by atoms with van der Waals surface area (Å²) in [4.78, 5) is 12.1. The van der Waals surface area contributed by atoms with E-state index in [-0.39, 0.29) is 5.56 Å². The van der Waals surface area contributed by atoms with Crippen molar-refractivity contribution < 1.29 is 9.18 Å². The van der Waals surface area contributed by atoms with Gasteiger partial charge in [-0.2, -0.15) is 0 Å². The van der Waals surface area contributed by atoms with Crippen LogP contribution in [0.2, 0.25) is 0 Å². The van der Waals surface area contributed by atoms with Crippen molar-refractivity contribution in [3.8, 4) is 0 Å². The molecule has 1 aromatic rings. The van der Waals surface area contributed by atoms with Crippen molar-refractivity contribution in [2.45, 2.75) is 32.2 Å². The lowest BCUT2D eigenvalue weighted by molar-refractivity contribution is 0.0898. The van der Waals surface area contributed by atoms with Crippen LogP contribution in [0.3, 0.4) is 0 Å². The maximum absolute atomic E-state index is 13.6. The van der Waals surface area contributed by atoms with E-state index < -0.39 is 17.3 Å². The van der Waals surface area contributed by atoms with E-state index in [1.807, 2.05) is 13.8 Å². The van der Waals surface area contributed by atoms with Crippen LogP contribution in [0, 0.1) is 5.82 Å². The van der Waals surface area contributed by atoms with Crippen LogP contribution in [0.1, 0.15) is 37.0 Å². The lowest BCUT2D eigenvalue weighted by atomic mass is 9.94. The summed E-state index contributed by atoms with van der Waals surface area (Å²) in [5, 5.41) is 2.83. The summed E-state index contributed by atoms with van der Waals surface area (Å²) in [6.07, 6.45) is 1.41. The fraction of sp³-hybridized carbons (Fsp3) is 0.462. The summed E-state index contributed by atoms with van der Waals surface area (Å²) in [5.74, 6) is -0.661. The summed E-state index contributed by atoms with van der Waals surface area (Å²) >= 11 is 9.13. The van der Waals surface area contributed by atoms with Crippen molar-refractivity contribution in [1.29, 1.82) is 0 Å². The number of carbonyl (C=O) groups is 1. The van der Waals surface area contributed by atoms with Crippen molar-refractivity contribution in [2.24, 2.45) is 0 Å². The monoisotopic (exact) mass is 335 g/mol. The second-order valence-electron chi connectivity index (χ2n) is 4.20. The number of hydrogen-bond acceptors (Lipinski definition) is 1. The van der Waals surface area contributed by atoms with Crippen molar-refractivity contribution in [3.05, 3.63) is 34.1 Å². The Labute approximate surface area is 120 Å². The first-order valence-corrected chi connectivity index (χ1v) is 7.14. The van der Waals surface area contributed by atoms with Crippen LogP contribution in [0.5, 0.6) is 0 Å². The van der Waals surface area contributed by atoms with Crippen LogP contribution >= 0.6 is 27.5 Å². The van der Waals surface area contributed by atoms with Crippen molar-refractivity contribution in [3.63, 3.8) is 0 Å². The molecule has 0 atom stereocenters. The third kappa shape index (κ3) is 3.45. The molecule has 0 saturated carbocycles. The fourth-order valence-electron chi connectivity index (χ4n) is 1.63. The van der Waals surface area contributed by atoms with Gasteiger partial charge in [0.25, 0.3) is 5.91 Å². The van der Waals surface area contributed by atoms with Crippen LogP contribution in [-0.2, 0) is 0 Å². The molecule has 100 valence electrons. The molecular weight excluding hydrogens is 321 g/mol. The van der Waals surface area contributed by atoms with Gasteiger partial charge in [-0.25, -0.2) is 4.39 Å². The molecule has 0 bridgehead atoms. The molecule has 1 rings (SSSR count). The smallest absolute Gasteiger partial charge is 0.254 e. The van der Waals surface area contributed by atoms with Crippen molar-refractivity contribution >= 4 is 33.4 Å². The van der Waals surface area contributed by atoms with E-state index in [9.17, 15) is 9.18 Å². The highest BCUT2D eigenvalue weighted by atomic mass is 79.9. The third-order valence-electron chi connectivity index (χ3n) is 3.16. The molecule has 0 saturated heterocycles. The van der Waals surface area contributed by atoms with Gasteiger partial charge >= 0.3 is 0 Å². The first-order chi connectivity index (χ1) is 8.48. The number of amides is 1. The van der Waals surface area contributed by atoms with E-state index in [0.29, 0.717) is 23.2 Å². The number of hydrogen-bond donors (Lipinski definition) is 1. The van der Waals surface area contributed by atoms with E-state index >= 15 is 0 Å². The highest BCUT2D eigenvalue weighted by Crippen LogP contribution is 2.20. The number of nitrogens with one attached hydrogen (secondary N) is 1. The van der Waals surface area contributed by atoms with Gasteiger partial charge in [0.05, 0.1) is 11.1 Å². The van der Waals surface area contributed by atoms with Crippen molar-refractivity contribution in [2.75, 3.05) is 5.88 Å². The van der Waals surface area contributed by atoms with E-state index in [2.05, 4.69) is 21.2 Å². The Morgan fingerprint density at radius 2 is 2.06 bits per heavy atom. The maximum atomic E-state index is 13.6. The first-order valence-electron chi connectivity index (χ1n) is 5.81. The maximum Gasteiger partial charge on any atom is 0.254 e. The molecule has 0 heterocycles. The first kappa shape index (κ1) is 15.4. The van der Waals surface area contributed by atoms with Gasteiger partial charge in [-0.3, -0.25) is 4.79 Å². The lowest BCUT2D eigenvalue weighted by Crippen LogP contribution is -2.49. The van der Waals surface area contributed by atoms with Crippen molar-refractivity contribution in [1.82, 2.24) is 5.32 Å². The standard InChI is InChI=1S/C13H16BrClFNO/c1-3-13(4-2,8-15)17-12(18)10-7-9(14)5-6-11(10)16/h5-7H,3-4,8H2,1-2H3,(H,17,18). The molecule has 0 radical (unpaired) electrons. The van der Waals surface area contributed by atoms with Gasteiger partial charge in [0.15, 0.2) is 0 Å². The Morgan fingerprint density at radius 3 is 2.56 bits per heavy atom. The molecule has 1 aromatic carbocycles. The molecule has 0 aliphatic rings. The molecule has 0 aliphatic carbocycles. The molecule has 1 amide bonds. The Bertz CT molecular complexity index is 427. The van der Waals surface area contributed by atoms with Gasteiger partial charge in [0.2, 0.25) is 0 Å². The van der Waals surface area contributed by atoms with Gasteiger partial charge in [-0.05, 0) is 31.0 Å². The predicted octanol–water partition coefficient (Wildman–Crippen LogP) is 4.12. The Hall–Kier alpha value is -0.610. The van der Waals surface area contributed by atoms with Gasteiger partial charge in [0.1, 0.15) is 5.82 Å². The zero-order chi connectivity index (χ0) is 13.8. The van der Waals surface area contributed by atoms with Crippen LogP contribution < -0.4 is 5.32 Å². The number of halogens is 3. The normalized spacial score (nSPS) is 11.4. The Balaban J connectivity index is 2.97. The Kier molecular flexibility index (Phi) is 5.60. The van der Waals surface area contributed by atoms with Gasteiger partial charge in [-0.15, -0.1) is 11.6 Å². The van der Waals surface area contributed by atoms with Gasteiger partial charge < -0.3 is 5.32 Å². The summed E-state index contributed by atoms with van der Waals surface area (Å²) < 4.78 is 14.3. The van der Waals surface area contributed by atoms with Crippen LogP contribution in [0.25, 0.3) is 0 Å². The average Bonchev–Trinajstić information content (AvgIpc) is 2.38. The zero-order valence-corrected chi connectivity index (χ0v) is 12.7. The van der Waals surface area contributed by atoms with E-state index in [1.54, 1.807) is 6.07 Å². The number of rotatable bonds is 5. The minimum atomic E-state index is -0.536. The summed E-state index contributed by atoms with van der Waals surface area (Å²) in [5.41, 5.74) is -0.450. The average molecular weight is 337 g/mol.